The Morgan fingerprint density at radius 2 is 1.43 bits per heavy atom. The van der Waals surface area contributed by atoms with Gasteiger partial charge in [-0.05, 0) is 54.9 Å². The molecular formula is C26H34Cl2N4O3. The van der Waals surface area contributed by atoms with Crippen molar-refractivity contribution in [1.82, 2.24) is 4.90 Å². The zero-order valence-corrected chi connectivity index (χ0v) is 21.5. The van der Waals surface area contributed by atoms with Gasteiger partial charge in [-0.1, -0.05) is 12.1 Å². The number of hydrogen-bond acceptors (Lipinski definition) is 5. The molecule has 35 heavy (non-hydrogen) atoms. The van der Waals surface area contributed by atoms with Crippen LogP contribution < -0.4 is 15.5 Å². The van der Waals surface area contributed by atoms with Crippen molar-refractivity contribution in [3.05, 3.63) is 54.1 Å². The molecular weight excluding hydrogens is 487 g/mol. The van der Waals surface area contributed by atoms with Gasteiger partial charge in [-0.15, -0.1) is 23.2 Å². The van der Waals surface area contributed by atoms with Crippen molar-refractivity contribution in [2.24, 2.45) is 0 Å². The fourth-order valence-electron chi connectivity index (χ4n) is 3.94. The van der Waals surface area contributed by atoms with E-state index in [-0.39, 0.29) is 18.2 Å². The number of anilines is 3. The standard InChI is InChI=1S/C26H34Cl2N4O3/c27-11-14-32(15-12-28)24-9-3-21(4-10-24)20-26(34)30-23-7-5-22(6-8-23)29-25(33)2-1-13-31-16-18-35-19-17-31/h3-10H,1-2,11-20H2,(H,29,33)(H,30,34). The predicted molar refractivity (Wildman–Crippen MR) is 144 cm³/mol. The molecule has 0 aliphatic carbocycles. The van der Waals surface area contributed by atoms with Gasteiger partial charge in [0.25, 0.3) is 0 Å². The van der Waals surface area contributed by atoms with Crippen LogP contribution in [0.4, 0.5) is 17.1 Å². The van der Waals surface area contributed by atoms with Crippen molar-refractivity contribution in [2.45, 2.75) is 19.3 Å². The van der Waals surface area contributed by atoms with E-state index in [9.17, 15) is 9.59 Å². The maximum absolute atomic E-state index is 12.5. The molecule has 0 spiro atoms. The zero-order chi connectivity index (χ0) is 24.9. The van der Waals surface area contributed by atoms with Gasteiger partial charge in [0.1, 0.15) is 0 Å². The fourth-order valence-corrected chi connectivity index (χ4v) is 4.35. The third-order valence-electron chi connectivity index (χ3n) is 5.81. The van der Waals surface area contributed by atoms with Gasteiger partial charge in [-0.2, -0.15) is 0 Å². The van der Waals surface area contributed by atoms with Crippen molar-refractivity contribution >= 4 is 52.1 Å². The lowest BCUT2D eigenvalue weighted by atomic mass is 10.1. The molecule has 1 saturated heterocycles. The highest BCUT2D eigenvalue weighted by Gasteiger charge is 2.11. The smallest absolute Gasteiger partial charge is 0.228 e. The summed E-state index contributed by atoms with van der Waals surface area (Å²) in [5, 5.41) is 5.82. The van der Waals surface area contributed by atoms with Gasteiger partial charge in [0.2, 0.25) is 11.8 Å². The van der Waals surface area contributed by atoms with Crippen molar-refractivity contribution < 1.29 is 14.3 Å². The van der Waals surface area contributed by atoms with Gasteiger partial charge in [-0.3, -0.25) is 14.5 Å². The molecule has 0 unspecified atom stereocenters. The molecule has 1 heterocycles. The van der Waals surface area contributed by atoms with Crippen LogP contribution in [0, 0.1) is 0 Å². The van der Waals surface area contributed by atoms with Crippen LogP contribution in [-0.4, -0.2) is 74.4 Å². The molecule has 0 atom stereocenters. The largest absolute Gasteiger partial charge is 0.379 e. The summed E-state index contributed by atoms with van der Waals surface area (Å²) < 4.78 is 5.34. The van der Waals surface area contributed by atoms with E-state index in [2.05, 4.69) is 20.4 Å². The number of nitrogens with one attached hydrogen (secondary N) is 2. The second-order valence-corrected chi connectivity index (χ2v) is 9.20. The van der Waals surface area contributed by atoms with Crippen LogP contribution in [0.25, 0.3) is 0 Å². The van der Waals surface area contributed by atoms with E-state index in [0.717, 1.165) is 63.6 Å². The molecule has 1 aliphatic rings. The SMILES string of the molecule is O=C(CCCN1CCOCC1)Nc1ccc(NC(=O)Cc2ccc(N(CCCl)CCCl)cc2)cc1. The second kappa shape index (κ2) is 14.9. The zero-order valence-electron chi connectivity index (χ0n) is 20.0. The molecule has 2 N–H and O–H groups in total. The van der Waals surface area contributed by atoms with Crippen LogP contribution in [-0.2, 0) is 20.7 Å². The van der Waals surface area contributed by atoms with Crippen molar-refractivity contribution in [2.75, 3.05) is 73.2 Å². The third-order valence-corrected chi connectivity index (χ3v) is 6.15. The lowest BCUT2D eigenvalue weighted by molar-refractivity contribution is -0.116. The maximum atomic E-state index is 12.5. The number of halogens is 2. The first-order valence-corrected chi connectivity index (χ1v) is 13.1. The molecule has 2 amide bonds. The highest BCUT2D eigenvalue weighted by molar-refractivity contribution is 6.18. The van der Waals surface area contributed by atoms with Crippen LogP contribution in [0.15, 0.2) is 48.5 Å². The Hall–Kier alpha value is -2.32. The number of nitrogens with zero attached hydrogens (tertiary/aromatic N) is 2. The number of benzene rings is 2. The van der Waals surface area contributed by atoms with Crippen LogP contribution in [0.2, 0.25) is 0 Å². The van der Waals surface area contributed by atoms with Crippen molar-refractivity contribution in [3.8, 4) is 0 Å². The van der Waals surface area contributed by atoms with E-state index in [0.29, 0.717) is 29.6 Å². The van der Waals surface area contributed by atoms with Gasteiger partial charge >= 0.3 is 0 Å². The molecule has 190 valence electrons. The predicted octanol–water partition coefficient (Wildman–Crippen LogP) is 4.20. The Kier molecular flexibility index (Phi) is 11.6. The number of ether oxygens (including phenoxy) is 1. The molecule has 0 saturated carbocycles. The van der Waals surface area contributed by atoms with Gasteiger partial charge in [0, 0.05) is 61.4 Å². The molecule has 9 heteroatoms. The minimum atomic E-state index is -0.101. The molecule has 1 fully saturated rings. The summed E-state index contributed by atoms with van der Waals surface area (Å²) in [6.07, 6.45) is 1.56. The summed E-state index contributed by atoms with van der Waals surface area (Å²) in [5.74, 6) is 0.946. The van der Waals surface area contributed by atoms with Crippen LogP contribution >= 0.6 is 23.2 Å². The highest BCUT2D eigenvalue weighted by atomic mass is 35.5. The number of carbonyl (C=O) groups excluding carboxylic acids is 2. The lowest BCUT2D eigenvalue weighted by Gasteiger charge is -2.26. The van der Waals surface area contributed by atoms with E-state index in [1.54, 1.807) is 24.3 Å². The average Bonchev–Trinajstić information content (AvgIpc) is 2.86. The molecule has 0 bridgehead atoms. The minimum absolute atomic E-state index is 0.00541. The second-order valence-electron chi connectivity index (χ2n) is 8.44. The van der Waals surface area contributed by atoms with Gasteiger partial charge in [0.15, 0.2) is 0 Å². The molecule has 3 rings (SSSR count). The van der Waals surface area contributed by atoms with Crippen molar-refractivity contribution in [3.63, 3.8) is 0 Å². The first-order chi connectivity index (χ1) is 17.1. The summed E-state index contributed by atoms with van der Waals surface area (Å²) in [6.45, 7) is 5.75. The van der Waals surface area contributed by atoms with Gasteiger partial charge in [-0.25, -0.2) is 0 Å². The number of rotatable bonds is 13. The third kappa shape index (κ3) is 9.68. The Morgan fingerprint density at radius 3 is 2.00 bits per heavy atom. The molecule has 2 aromatic rings. The van der Waals surface area contributed by atoms with E-state index < -0.39 is 0 Å². The first-order valence-electron chi connectivity index (χ1n) is 12.0. The summed E-state index contributed by atoms with van der Waals surface area (Å²) in [4.78, 5) is 29.1. The normalized spacial score (nSPS) is 13.9. The van der Waals surface area contributed by atoms with Crippen LogP contribution in [0.5, 0.6) is 0 Å². The first kappa shape index (κ1) is 27.3. The number of hydrogen-bond donors (Lipinski definition) is 2. The highest BCUT2D eigenvalue weighted by Crippen LogP contribution is 2.18. The number of morpholine rings is 1. The average molecular weight is 521 g/mol. The Labute approximate surface area is 217 Å². The van der Waals surface area contributed by atoms with Crippen molar-refractivity contribution in [1.29, 1.82) is 0 Å². The molecule has 0 radical (unpaired) electrons. The molecule has 1 aliphatic heterocycles. The maximum Gasteiger partial charge on any atom is 0.228 e. The topological polar surface area (TPSA) is 73.9 Å². The molecule has 7 nitrogen and oxygen atoms in total. The Balaban J connectivity index is 1.40. The van der Waals surface area contributed by atoms with Gasteiger partial charge in [0.05, 0.1) is 19.6 Å². The Morgan fingerprint density at radius 1 is 0.857 bits per heavy atom. The fraction of sp³-hybridized carbons (Fsp3) is 0.462. The van der Waals surface area contributed by atoms with E-state index in [1.165, 1.54) is 0 Å². The van der Waals surface area contributed by atoms with Crippen LogP contribution in [0.1, 0.15) is 18.4 Å². The molecule has 2 aromatic carbocycles. The molecule has 0 aromatic heterocycles. The summed E-state index contributed by atoms with van der Waals surface area (Å²) in [5.41, 5.74) is 3.36. The van der Waals surface area contributed by atoms with Crippen LogP contribution in [0.3, 0.4) is 0 Å². The van der Waals surface area contributed by atoms with E-state index in [1.807, 2.05) is 24.3 Å². The number of alkyl halides is 2. The summed E-state index contributed by atoms with van der Waals surface area (Å²) in [7, 11) is 0. The van der Waals surface area contributed by atoms with E-state index in [4.69, 9.17) is 27.9 Å². The van der Waals surface area contributed by atoms with E-state index >= 15 is 0 Å². The summed E-state index contributed by atoms with van der Waals surface area (Å²) in [6, 6.07) is 15.0. The summed E-state index contributed by atoms with van der Waals surface area (Å²) >= 11 is 11.8. The number of carbonyl (C=O) groups is 2. The quantitative estimate of drug-likeness (QED) is 0.387. The van der Waals surface area contributed by atoms with Gasteiger partial charge < -0.3 is 20.3 Å². The minimum Gasteiger partial charge on any atom is -0.379 e. The lowest BCUT2D eigenvalue weighted by Crippen LogP contribution is -2.37. The monoisotopic (exact) mass is 520 g/mol. The Bertz CT molecular complexity index is 913. The number of amides is 2.